The number of rotatable bonds is 0. The fourth-order valence-corrected chi connectivity index (χ4v) is 1.28. The van der Waals surface area contributed by atoms with Gasteiger partial charge in [-0.15, -0.1) is 5.10 Å². The molecule has 1 heterocycles. The standard InChI is InChI=1S/C6H4N2S.Pt/c1-2-4-6-5(3-1)7-8-9-6;/h1-4H;. The molecule has 0 aliphatic carbocycles. The van der Waals surface area contributed by atoms with Gasteiger partial charge in [0.25, 0.3) is 0 Å². The Morgan fingerprint density at radius 1 is 1.20 bits per heavy atom. The predicted octanol–water partition coefficient (Wildman–Crippen LogP) is 1.69. The van der Waals surface area contributed by atoms with Crippen LogP contribution in [0, 0.1) is 0 Å². The third-order valence-electron chi connectivity index (χ3n) is 1.15. The van der Waals surface area contributed by atoms with Gasteiger partial charge in [0.2, 0.25) is 0 Å². The predicted molar refractivity (Wildman–Crippen MR) is 37.4 cm³/mol. The van der Waals surface area contributed by atoms with Gasteiger partial charge < -0.3 is 0 Å². The second-order valence-corrected chi connectivity index (χ2v) is 2.53. The molecule has 2 nitrogen and oxygen atoms in total. The van der Waals surface area contributed by atoms with Crippen LogP contribution >= 0.6 is 11.5 Å². The zero-order valence-corrected chi connectivity index (χ0v) is 8.02. The van der Waals surface area contributed by atoms with Crippen molar-refractivity contribution in [2.75, 3.05) is 0 Å². The van der Waals surface area contributed by atoms with Gasteiger partial charge in [0.15, 0.2) is 0 Å². The first kappa shape index (κ1) is 7.83. The van der Waals surface area contributed by atoms with E-state index in [-0.39, 0.29) is 21.1 Å². The molecular formula is C6H4N2PtS. The minimum atomic E-state index is 0. The van der Waals surface area contributed by atoms with Gasteiger partial charge in [-0.25, -0.2) is 0 Å². The van der Waals surface area contributed by atoms with Crippen molar-refractivity contribution in [3.05, 3.63) is 24.3 Å². The molecule has 0 saturated heterocycles. The molecule has 0 bridgehead atoms. The van der Waals surface area contributed by atoms with E-state index in [1.165, 1.54) is 11.5 Å². The van der Waals surface area contributed by atoms with Crippen LogP contribution in [-0.4, -0.2) is 9.59 Å². The monoisotopic (exact) mass is 331 g/mol. The minimum Gasteiger partial charge on any atom is -0.138 e. The van der Waals surface area contributed by atoms with Gasteiger partial charge in [0.05, 0.1) is 4.70 Å². The molecule has 0 amide bonds. The van der Waals surface area contributed by atoms with Gasteiger partial charge in [-0.1, -0.05) is 16.6 Å². The van der Waals surface area contributed by atoms with Gasteiger partial charge >= 0.3 is 0 Å². The van der Waals surface area contributed by atoms with Crippen LogP contribution in [0.2, 0.25) is 0 Å². The first-order chi connectivity index (χ1) is 4.47. The fourth-order valence-electron chi connectivity index (χ4n) is 0.725. The van der Waals surface area contributed by atoms with E-state index in [2.05, 4.69) is 9.59 Å². The Kier molecular flexibility index (Phi) is 2.52. The van der Waals surface area contributed by atoms with Crippen molar-refractivity contribution in [3.63, 3.8) is 0 Å². The average molecular weight is 331 g/mol. The Morgan fingerprint density at radius 2 is 2.00 bits per heavy atom. The van der Waals surface area contributed by atoms with Crippen molar-refractivity contribution in [2.45, 2.75) is 0 Å². The normalized spacial score (nSPS) is 9.20. The van der Waals surface area contributed by atoms with Crippen LogP contribution in [0.1, 0.15) is 0 Å². The van der Waals surface area contributed by atoms with Gasteiger partial charge in [-0.2, -0.15) is 0 Å². The molecule has 2 aromatic rings. The van der Waals surface area contributed by atoms with E-state index in [1.807, 2.05) is 24.3 Å². The summed E-state index contributed by atoms with van der Waals surface area (Å²) in [5.74, 6) is 0. The summed E-state index contributed by atoms with van der Waals surface area (Å²) in [6.07, 6.45) is 0. The summed E-state index contributed by atoms with van der Waals surface area (Å²) in [7, 11) is 0. The Hall–Kier alpha value is -0.272. The molecule has 0 aliphatic rings. The summed E-state index contributed by atoms with van der Waals surface area (Å²) in [6, 6.07) is 7.92. The summed E-state index contributed by atoms with van der Waals surface area (Å²) in [5, 5.41) is 3.89. The van der Waals surface area contributed by atoms with E-state index in [1.54, 1.807) is 0 Å². The van der Waals surface area contributed by atoms with Crippen molar-refractivity contribution >= 4 is 21.7 Å². The number of aromatic nitrogens is 2. The molecule has 10 heavy (non-hydrogen) atoms. The van der Waals surface area contributed by atoms with Crippen LogP contribution in [0.4, 0.5) is 0 Å². The topological polar surface area (TPSA) is 25.8 Å². The van der Waals surface area contributed by atoms with Crippen molar-refractivity contribution in [1.29, 1.82) is 0 Å². The number of benzene rings is 1. The molecule has 0 aliphatic heterocycles. The van der Waals surface area contributed by atoms with Crippen LogP contribution in [0.25, 0.3) is 10.2 Å². The molecule has 1 aromatic carbocycles. The molecule has 1 aromatic heterocycles. The van der Waals surface area contributed by atoms with E-state index in [0.29, 0.717) is 0 Å². The molecular weight excluding hydrogens is 327 g/mol. The van der Waals surface area contributed by atoms with E-state index in [9.17, 15) is 0 Å². The van der Waals surface area contributed by atoms with Crippen LogP contribution in [0.15, 0.2) is 24.3 Å². The molecule has 4 heteroatoms. The third-order valence-corrected chi connectivity index (χ3v) is 1.86. The molecule has 0 unspecified atom stereocenters. The van der Waals surface area contributed by atoms with Crippen molar-refractivity contribution in [2.24, 2.45) is 0 Å². The second kappa shape index (κ2) is 3.22. The SMILES string of the molecule is [Pt].c1ccc2snnc2c1. The average Bonchev–Trinajstić information content (AvgIpc) is 2.33. The fraction of sp³-hybridized carbons (Fsp3) is 0. The largest absolute Gasteiger partial charge is 0.138 e. The molecule has 2 rings (SSSR count). The summed E-state index contributed by atoms with van der Waals surface area (Å²) in [4.78, 5) is 0. The molecule has 0 spiro atoms. The van der Waals surface area contributed by atoms with E-state index in [4.69, 9.17) is 0 Å². The van der Waals surface area contributed by atoms with Crippen LogP contribution in [0.3, 0.4) is 0 Å². The summed E-state index contributed by atoms with van der Waals surface area (Å²) in [5.41, 5.74) is 0.988. The maximum absolute atomic E-state index is 3.89. The van der Waals surface area contributed by atoms with E-state index < -0.39 is 0 Å². The van der Waals surface area contributed by atoms with Crippen LogP contribution in [-0.2, 0) is 21.1 Å². The Labute approximate surface area is 76.7 Å². The quantitative estimate of drug-likeness (QED) is 0.734. The number of hydrogen-bond acceptors (Lipinski definition) is 3. The Bertz CT molecular complexity index is 290. The van der Waals surface area contributed by atoms with Crippen LogP contribution in [0.5, 0.6) is 0 Å². The molecule has 0 fully saturated rings. The van der Waals surface area contributed by atoms with Crippen molar-refractivity contribution in [1.82, 2.24) is 9.59 Å². The summed E-state index contributed by atoms with van der Waals surface area (Å²) < 4.78 is 4.94. The zero-order valence-electron chi connectivity index (χ0n) is 4.93. The number of nitrogens with zero attached hydrogens (tertiary/aromatic N) is 2. The Morgan fingerprint density at radius 3 is 2.80 bits per heavy atom. The molecule has 0 saturated carbocycles. The summed E-state index contributed by atoms with van der Waals surface area (Å²) in [6.45, 7) is 0. The first-order valence-electron chi connectivity index (χ1n) is 2.64. The van der Waals surface area contributed by atoms with E-state index in [0.717, 1.165) is 10.2 Å². The van der Waals surface area contributed by atoms with E-state index >= 15 is 0 Å². The summed E-state index contributed by atoms with van der Waals surface area (Å²) >= 11 is 1.43. The molecule has 0 N–H and O–H groups in total. The molecule has 54 valence electrons. The Balaban J connectivity index is 0.000000500. The van der Waals surface area contributed by atoms with Crippen LogP contribution < -0.4 is 0 Å². The smallest absolute Gasteiger partial charge is 0.105 e. The maximum atomic E-state index is 3.89. The van der Waals surface area contributed by atoms with Crippen molar-refractivity contribution in [3.8, 4) is 0 Å². The van der Waals surface area contributed by atoms with Gasteiger partial charge in [0, 0.05) is 21.1 Å². The second-order valence-electron chi connectivity index (χ2n) is 1.74. The number of hydrogen-bond donors (Lipinski definition) is 0. The number of fused-ring (bicyclic) bond motifs is 1. The maximum Gasteiger partial charge on any atom is 0.105 e. The minimum absolute atomic E-state index is 0. The third kappa shape index (κ3) is 1.25. The molecule has 0 radical (unpaired) electrons. The molecule has 0 atom stereocenters. The van der Waals surface area contributed by atoms with Gasteiger partial charge in [0.1, 0.15) is 5.52 Å². The van der Waals surface area contributed by atoms with Gasteiger partial charge in [-0.05, 0) is 23.7 Å². The first-order valence-corrected chi connectivity index (χ1v) is 3.41. The van der Waals surface area contributed by atoms with Gasteiger partial charge in [-0.3, -0.25) is 0 Å². The van der Waals surface area contributed by atoms with Crippen molar-refractivity contribution < 1.29 is 21.1 Å². The zero-order chi connectivity index (χ0) is 6.10.